The van der Waals surface area contributed by atoms with Crippen molar-refractivity contribution >= 4 is 11.6 Å². The molecular weight excluding hydrogens is 252 g/mol. The molecule has 1 saturated heterocycles. The van der Waals surface area contributed by atoms with Gasteiger partial charge in [0.15, 0.2) is 0 Å². The summed E-state index contributed by atoms with van der Waals surface area (Å²) in [4.78, 5) is 9.22. The highest BCUT2D eigenvalue weighted by atomic mass is 16.5. The molecule has 0 radical (unpaired) electrons. The highest BCUT2D eigenvalue weighted by Gasteiger charge is 2.24. The van der Waals surface area contributed by atoms with E-state index in [2.05, 4.69) is 41.4 Å². The van der Waals surface area contributed by atoms with Crippen LogP contribution in [0.5, 0.6) is 0 Å². The van der Waals surface area contributed by atoms with Gasteiger partial charge >= 0.3 is 0 Å². The smallest absolute Gasteiger partial charge is 0.135 e. The fourth-order valence-corrected chi connectivity index (χ4v) is 2.48. The Morgan fingerprint density at radius 2 is 2.00 bits per heavy atom. The molecule has 0 bridgehead atoms. The summed E-state index contributed by atoms with van der Waals surface area (Å²) in [5, 5.41) is 6.64. The Kier molecular flexibility index (Phi) is 4.81. The Bertz CT molecular complexity index is 461. The molecule has 0 aliphatic carbocycles. The summed E-state index contributed by atoms with van der Waals surface area (Å²) in [7, 11) is 1.90. The first-order chi connectivity index (χ1) is 9.52. The number of nitrogens with one attached hydrogen (secondary N) is 2. The molecule has 1 aliphatic heterocycles. The van der Waals surface area contributed by atoms with Crippen molar-refractivity contribution in [2.75, 3.05) is 30.8 Å². The minimum atomic E-state index is 0.317. The van der Waals surface area contributed by atoms with Crippen molar-refractivity contribution in [1.82, 2.24) is 9.97 Å². The Morgan fingerprint density at radius 3 is 2.55 bits per heavy atom. The van der Waals surface area contributed by atoms with Gasteiger partial charge in [-0.1, -0.05) is 13.8 Å². The van der Waals surface area contributed by atoms with Crippen molar-refractivity contribution in [3.05, 3.63) is 11.4 Å². The van der Waals surface area contributed by atoms with Gasteiger partial charge in [-0.05, 0) is 20.3 Å². The molecule has 0 spiro atoms. The highest BCUT2D eigenvalue weighted by Crippen LogP contribution is 2.25. The fourth-order valence-electron chi connectivity index (χ4n) is 2.48. The molecule has 0 aromatic carbocycles. The van der Waals surface area contributed by atoms with Gasteiger partial charge in [0, 0.05) is 37.6 Å². The van der Waals surface area contributed by atoms with Gasteiger partial charge in [0.25, 0.3) is 0 Å². The van der Waals surface area contributed by atoms with Crippen molar-refractivity contribution in [3.8, 4) is 0 Å². The summed E-state index contributed by atoms with van der Waals surface area (Å²) in [6.45, 7) is 10.2. The van der Waals surface area contributed by atoms with E-state index < -0.39 is 0 Å². The summed E-state index contributed by atoms with van der Waals surface area (Å²) in [5.74, 6) is 3.59. The average Bonchev–Trinajstić information content (AvgIpc) is 2.83. The molecule has 2 N–H and O–H groups in total. The first-order valence-corrected chi connectivity index (χ1v) is 7.44. The van der Waals surface area contributed by atoms with E-state index in [0.717, 1.165) is 42.6 Å². The van der Waals surface area contributed by atoms with E-state index in [1.54, 1.807) is 0 Å². The van der Waals surface area contributed by atoms with Gasteiger partial charge in [0.05, 0.1) is 6.10 Å². The number of anilines is 2. The molecular formula is C15H26N4O. The zero-order valence-electron chi connectivity index (χ0n) is 13.2. The zero-order valence-corrected chi connectivity index (χ0v) is 13.2. The average molecular weight is 278 g/mol. The maximum Gasteiger partial charge on any atom is 0.135 e. The Hall–Kier alpha value is -1.36. The number of hydrogen-bond acceptors (Lipinski definition) is 5. The number of rotatable bonds is 5. The second-order valence-corrected chi connectivity index (χ2v) is 5.81. The lowest BCUT2D eigenvalue weighted by Gasteiger charge is -2.18. The summed E-state index contributed by atoms with van der Waals surface area (Å²) < 4.78 is 5.61. The van der Waals surface area contributed by atoms with Crippen LogP contribution in [0, 0.1) is 12.8 Å². The van der Waals surface area contributed by atoms with Crippen molar-refractivity contribution in [1.29, 1.82) is 0 Å². The van der Waals surface area contributed by atoms with E-state index in [1.807, 2.05) is 14.0 Å². The highest BCUT2D eigenvalue weighted by molar-refractivity contribution is 5.57. The predicted molar refractivity (Wildman–Crippen MR) is 82.4 cm³/mol. The van der Waals surface area contributed by atoms with Crippen LogP contribution < -0.4 is 10.6 Å². The van der Waals surface area contributed by atoms with Gasteiger partial charge in [0.2, 0.25) is 0 Å². The summed E-state index contributed by atoms with van der Waals surface area (Å²) >= 11 is 0. The fraction of sp³-hybridized carbons (Fsp3) is 0.733. The van der Waals surface area contributed by atoms with Gasteiger partial charge in [-0.15, -0.1) is 0 Å². The number of hydrogen-bond donors (Lipinski definition) is 2. The van der Waals surface area contributed by atoms with Crippen LogP contribution in [0.2, 0.25) is 0 Å². The van der Waals surface area contributed by atoms with E-state index >= 15 is 0 Å². The molecule has 5 heteroatoms. The van der Waals surface area contributed by atoms with E-state index in [4.69, 9.17) is 4.74 Å². The normalized spacial score (nSPS) is 22.3. The van der Waals surface area contributed by atoms with Crippen molar-refractivity contribution in [2.45, 2.75) is 46.1 Å². The molecule has 2 atom stereocenters. The molecule has 112 valence electrons. The summed E-state index contributed by atoms with van der Waals surface area (Å²) in [6.07, 6.45) is 1.45. The number of ether oxygens (including phenoxy) is 1. The number of nitrogens with zero attached hydrogens (tertiary/aromatic N) is 2. The van der Waals surface area contributed by atoms with Crippen LogP contribution in [-0.4, -0.2) is 36.3 Å². The summed E-state index contributed by atoms with van der Waals surface area (Å²) in [6, 6.07) is 0. The van der Waals surface area contributed by atoms with Gasteiger partial charge in [-0.3, -0.25) is 0 Å². The monoisotopic (exact) mass is 278 g/mol. The molecule has 2 rings (SSSR count). The molecule has 1 aromatic rings. The Balaban J connectivity index is 2.15. The molecule has 0 saturated carbocycles. The molecule has 1 fully saturated rings. The lowest BCUT2D eigenvalue weighted by molar-refractivity contribution is 0.108. The van der Waals surface area contributed by atoms with Crippen LogP contribution in [0.1, 0.15) is 44.5 Å². The minimum Gasteiger partial charge on any atom is -0.378 e. The third-order valence-electron chi connectivity index (χ3n) is 3.98. The predicted octanol–water partition coefficient (Wildman–Crippen LogP) is 2.79. The van der Waals surface area contributed by atoms with E-state index in [0.29, 0.717) is 17.9 Å². The Labute approximate surface area is 121 Å². The van der Waals surface area contributed by atoms with Gasteiger partial charge in [-0.2, -0.15) is 0 Å². The largest absolute Gasteiger partial charge is 0.378 e. The third-order valence-corrected chi connectivity index (χ3v) is 3.98. The van der Waals surface area contributed by atoms with Gasteiger partial charge in [-0.25, -0.2) is 9.97 Å². The molecule has 1 aliphatic rings. The third kappa shape index (κ3) is 3.20. The second kappa shape index (κ2) is 6.39. The number of aromatic nitrogens is 2. The molecule has 2 unspecified atom stereocenters. The molecule has 1 aromatic heterocycles. The zero-order chi connectivity index (χ0) is 14.7. The lowest BCUT2D eigenvalue weighted by atomic mass is 10.0. The maximum absolute atomic E-state index is 5.61. The van der Waals surface area contributed by atoms with E-state index in [-0.39, 0.29) is 0 Å². The molecule has 0 amide bonds. The van der Waals surface area contributed by atoms with Crippen molar-refractivity contribution < 1.29 is 4.74 Å². The standard InChI is InChI=1S/C15H26N4O/c1-9(2)13-18-14(16-5)10(3)15(19-13)17-8-12-6-7-20-11(12)4/h9,11-12H,6-8H2,1-5H3,(H2,16,17,18,19). The van der Waals surface area contributed by atoms with Crippen LogP contribution in [0.3, 0.4) is 0 Å². The maximum atomic E-state index is 5.61. The van der Waals surface area contributed by atoms with Crippen LogP contribution in [0.4, 0.5) is 11.6 Å². The van der Waals surface area contributed by atoms with Crippen LogP contribution in [0.25, 0.3) is 0 Å². The van der Waals surface area contributed by atoms with E-state index in [1.165, 1.54) is 0 Å². The summed E-state index contributed by atoms with van der Waals surface area (Å²) in [5.41, 5.74) is 1.07. The molecule has 2 heterocycles. The minimum absolute atomic E-state index is 0.317. The topological polar surface area (TPSA) is 59.1 Å². The van der Waals surface area contributed by atoms with Crippen LogP contribution in [-0.2, 0) is 4.74 Å². The van der Waals surface area contributed by atoms with Crippen LogP contribution in [0.15, 0.2) is 0 Å². The first kappa shape index (κ1) is 15.0. The van der Waals surface area contributed by atoms with Crippen molar-refractivity contribution in [3.63, 3.8) is 0 Å². The molecule has 20 heavy (non-hydrogen) atoms. The van der Waals surface area contributed by atoms with Gasteiger partial charge in [0.1, 0.15) is 17.5 Å². The lowest BCUT2D eigenvalue weighted by Crippen LogP contribution is -2.22. The first-order valence-electron chi connectivity index (χ1n) is 7.44. The quantitative estimate of drug-likeness (QED) is 0.867. The Morgan fingerprint density at radius 1 is 1.30 bits per heavy atom. The van der Waals surface area contributed by atoms with E-state index in [9.17, 15) is 0 Å². The van der Waals surface area contributed by atoms with Gasteiger partial charge < -0.3 is 15.4 Å². The van der Waals surface area contributed by atoms with Crippen molar-refractivity contribution in [2.24, 2.45) is 5.92 Å². The van der Waals surface area contributed by atoms with Crippen LogP contribution >= 0.6 is 0 Å². The second-order valence-electron chi connectivity index (χ2n) is 5.81. The SMILES string of the molecule is CNc1nc(C(C)C)nc(NCC2CCOC2C)c1C. The molecule has 5 nitrogen and oxygen atoms in total.